The number of nitrogens with zero attached hydrogens (tertiary/aromatic N) is 1. The Morgan fingerprint density at radius 1 is 1.48 bits per heavy atom. The summed E-state index contributed by atoms with van der Waals surface area (Å²) in [6.07, 6.45) is 5.13. The number of benzene rings is 1. The Morgan fingerprint density at radius 3 is 2.81 bits per heavy atom. The van der Waals surface area contributed by atoms with Crippen LogP contribution in [-0.4, -0.2) is 35.7 Å². The summed E-state index contributed by atoms with van der Waals surface area (Å²) in [7, 11) is 0. The van der Waals surface area contributed by atoms with Crippen molar-refractivity contribution in [3.63, 3.8) is 0 Å². The van der Waals surface area contributed by atoms with Crippen molar-refractivity contribution in [2.75, 3.05) is 12.8 Å². The summed E-state index contributed by atoms with van der Waals surface area (Å²) in [5.41, 5.74) is 6.63. The quantitative estimate of drug-likeness (QED) is 0.844. The Kier molecular flexibility index (Phi) is 7.34. The van der Waals surface area contributed by atoms with E-state index in [4.69, 9.17) is 17.3 Å². The average Bonchev–Trinajstić information content (AvgIpc) is 2.47. The first kappa shape index (κ1) is 18.6. The molecule has 1 fully saturated rings. The minimum Gasteiger partial charge on any atom is -0.334 e. The van der Waals surface area contributed by atoms with Gasteiger partial charge in [0, 0.05) is 23.5 Å². The number of likely N-dealkylation sites (tertiary alicyclic amines) is 1. The molecular formula is C15H22Cl2N2OS. The van der Waals surface area contributed by atoms with E-state index in [9.17, 15) is 4.79 Å². The van der Waals surface area contributed by atoms with Crippen LogP contribution in [0.4, 0.5) is 0 Å². The minimum absolute atomic E-state index is 0. The molecule has 1 aliphatic heterocycles. The predicted molar refractivity (Wildman–Crippen MR) is 92.8 cm³/mol. The molecule has 1 aromatic carbocycles. The fraction of sp³-hybridized carbons (Fsp3) is 0.533. The van der Waals surface area contributed by atoms with Gasteiger partial charge in [-0.2, -0.15) is 0 Å². The number of rotatable bonds is 3. The van der Waals surface area contributed by atoms with Crippen LogP contribution in [0, 0.1) is 0 Å². The SMILES string of the molecule is CSc1ccc(Cl)c(C(=O)N2CCCCC2C(C)N)c1.Cl. The molecule has 0 aliphatic carbocycles. The lowest BCUT2D eigenvalue weighted by atomic mass is 9.96. The summed E-state index contributed by atoms with van der Waals surface area (Å²) in [6.45, 7) is 2.74. The molecule has 0 radical (unpaired) electrons. The molecule has 1 aromatic rings. The molecule has 1 aliphatic rings. The third kappa shape index (κ3) is 4.28. The minimum atomic E-state index is -0.0123. The van der Waals surface area contributed by atoms with Gasteiger partial charge in [-0.3, -0.25) is 4.79 Å². The number of piperidine rings is 1. The van der Waals surface area contributed by atoms with Gasteiger partial charge in [-0.05, 0) is 50.6 Å². The number of carbonyl (C=O) groups is 1. The van der Waals surface area contributed by atoms with E-state index < -0.39 is 0 Å². The second-order valence-corrected chi connectivity index (χ2v) is 6.55. The molecule has 6 heteroatoms. The summed E-state index contributed by atoms with van der Waals surface area (Å²) in [6, 6.07) is 5.71. The number of hydrogen-bond donors (Lipinski definition) is 1. The number of amides is 1. The highest BCUT2D eigenvalue weighted by Crippen LogP contribution is 2.27. The molecule has 2 rings (SSSR count). The molecule has 118 valence electrons. The molecule has 0 spiro atoms. The van der Waals surface area contributed by atoms with E-state index in [1.807, 2.05) is 30.2 Å². The molecule has 21 heavy (non-hydrogen) atoms. The molecule has 1 saturated heterocycles. The van der Waals surface area contributed by atoms with Crippen LogP contribution in [-0.2, 0) is 0 Å². The van der Waals surface area contributed by atoms with Gasteiger partial charge in [0.15, 0.2) is 0 Å². The molecule has 3 nitrogen and oxygen atoms in total. The van der Waals surface area contributed by atoms with Crippen LogP contribution in [0.25, 0.3) is 0 Å². The molecule has 0 bridgehead atoms. The fourth-order valence-electron chi connectivity index (χ4n) is 2.71. The zero-order valence-corrected chi connectivity index (χ0v) is 14.7. The topological polar surface area (TPSA) is 46.3 Å². The van der Waals surface area contributed by atoms with Gasteiger partial charge in [0.1, 0.15) is 0 Å². The lowest BCUT2D eigenvalue weighted by Crippen LogP contribution is -2.51. The van der Waals surface area contributed by atoms with Gasteiger partial charge in [0.25, 0.3) is 5.91 Å². The highest BCUT2D eigenvalue weighted by Gasteiger charge is 2.30. The van der Waals surface area contributed by atoms with Gasteiger partial charge in [0.05, 0.1) is 10.6 Å². The van der Waals surface area contributed by atoms with Crippen LogP contribution in [0.5, 0.6) is 0 Å². The average molecular weight is 349 g/mol. The molecule has 2 N–H and O–H groups in total. The molecule has 0 aromatic heterocycles. The number of carbonyl (C=O) groups excluding carboxylic acids is 1. The van der Waals surface area contributed by atoms with Gasteiger partial charge < -0.3 is 10.6 Å². The van der Waals surface area contributed by atoms with E-state index in [2.05, 4.69) is 0 Å². The summed E-state index contributed by atoms with van der Waals surface area (Å²) in [4.78, 5) is 15.7. The van der Waals surface area contributed by atoms with E-state index in [0.29, 0.717) is 10.6 Å². The van der Waals surface area contributed by atoms with E-state index in [0.717, 1.165) is 30.7 Å². The maximum atomic E-state index is 12.8. The van der Waals surface area contributed by atoms with E-state index in [1.54, 1.807) is 17.8 Å². The van der Waals surface area contributed by atoms with Crippen LogP contribution in [0.3, 0.4) is 0 Å². The molecule has 0 saturated carbocycles. The van der Waals surface area contributed by atoms with Gasteiger partial charge in [-0.25, -0.2) is 0 Å². The number of hydrogen-bond acceptors (Lipinski definition) is 3. The highest BCUT2D eigenvalue weighted by atomic mass is 35.5. The lowest BCUT2D eigenvalue weighted by Gasteiger charge is -2.38. The van der Waals surface area contributed by atoms with Crippen LogP contribution < -0.4 is 5.73 Å². The van der Waals surface area contributed by atoms with Gasteiger partial charge >= 0.3 is 0 Å². The molecule has 2 unspecified atom stereocenters. The van der Waals surface area contributed by atoms with Crippen molar-refractivity contribution < 1.29 is 4.79 Å². The summed E-state index contributed by atoms with van der Waals surface area (Å²) in [5, 5.41) is 0.516. The second-order valence-electron chi connectivity index (χ2n) is 5.27. The Balaban J connectivity index is 0.00000220. The smallest absolute Gasteiger partial charge is 0.255 e. The number of thioether (sulfide) groups is 1. The first-order valence-electron chi connectivity index (χ1n) is 6.94. The van der Waals surface area contributed by atoms with Crippen molar-refractivity contribution in [1.29, 1.82) is 0 Å². The molecule has 2 atom stereocenters. The standard InChI is InChI=1S/C15H21ClN2OS.ClH/c1-10(17)14-5-3-4-8-18(14)15(19)12-9-11(20-2)6-7-13(12)16;/h6-7,9-10,14H,3-5,8,17H2,1-2H3;1H. The highest BCUT2D eigenvalue weighted by molar-refractivity contribution is 7.98. The number of halogens is 2. The Bertz CT molecular complexity index is 497. The van der Waals surface area contributed by atoms with E-state index in [1.165, 1.54) is 0 Å². The fourth-order valence-corrected chi connectivity index (χ4v) is 3.34. The van der Waals surface area contributed by atoms with E-state index >= 15 is 0 Å². The van der Waals surface area contributed by atoms with Gasteiger partial charge in [-0.1, -0.05) is 11.6 Å². The molecule has 1 amide bonds. The van der Waals surface area contributed by atoms with Crippen molar-refractivity contribution >= 4 is 41.7 Å². The lowest BCUT2D eigenvalue weighted by molar-refractivity contribution is 0.0583. The first-order chi connectivity index (χ1) is 9.54. The van der Waals surface area contributed by atoms with Crippen LogP contribution >= 0.6 is 35.8 Å². The zero-order valence-electron chi connectivity index (χ0n) is 12.3. The van der Waals surface area contributed by atoms with Crippen molar-refractivity contribution in [1.82, 2.24) is 4.90 Å². The summed E-state index contributed by atoms with van der Waals surface area (Å²) in [5.74, 6) is 0.00731. The largest absolute Gasteiger partial charge is 0.334 e. The van der Waals surface area contributed by atoms with Crippen molar-refractivity contribution in [3.05, 3.63) is 28.8 Å². The summed E-state index contributed by atoms with van der Waals surface area (Å²) >= 11 is 7.82. The monoisotopic (exact) mass is 348 g/mol. The Morgan fingerprint density at radius 2 is 2.19 bits per heavy atom. The maximum absolute atomic E-state index is 12.8. The van der Waals surface area contributed by atoms with Crippen molar-refractivity contribution in [2.45, 2.75) is 43.2 Å². The predicted octanol–water partition coefficient (Wildman–Crippen LogP) is 3.83. The third-order valence-corrected chi connectivity index (χ3v) is 4.88. The molecular weight excluding hydrogens is 327 g/mol. The Hall–Kier alpha value is -0.420. The Labute approximate surface area is 142 Å². The van der Waals surface area contributed by atoms with Crippen molar-refractivity contribution in [3.8, 4) is 0 Å². The summed E-state index contributed by atoms with van der Waals surface area (Å²) < 4.78 is 0. The maximum Gasteiger partial charge on any atom is 0.255 e. The second kappa shape index (κ2) is 8.28. The van der Waals surface area contributed by atoms with Crippen LogP contribution in [0.15, 0.2) is 23.1 Å². The molecule has 1 heterocycles. The van der Waals surface area contributed by atoms with Gasteiger partial charge in [0.2, 0.25) is 0 Å². The van der Waals surface area contributed by atoms with Gasteiger partial charge in [-0.15, -0.1) is 24.2 Å². The van der Waals surface area contributed by atoms with E-state index in [-0.39, 0.29) is 30.4 Å². The van der Waals surface area contributed by atoms with Crippen molar-refractivity contribution in [2.24, 2.45) is 5.73 Å². The number of nitrogens with two attached hydrogens (primary N) is 1. The normalized spacial score (nSPS) is 19.8. The third-order valence-electron chi connectivity index (χ3n) is 3.82. The van der Waals surface area contributed by atoms with Crippen LogP contribution in [0.2, 0.25) is 5.02 Å². The zero-order chi connectivity index (χ0) is 14.7. The van der Waals surface area contributed by atoms with Crippen LogP contribution in [0.1, 0.15) is 36.5 Å². The first-order valence-corrected chi connectivity index (χ1v) is 8.55.